The van der Waals surface area contributed by atoms with Gasteiger partial charge in [0.1, 0.15) is 5.01 Å². The van der Waals surface area contributed by atoms with E-state index in [0.717, 1.165) is 16.3 Å². The molecular formula is C11H19IN4S. The minimum absolute atomic E-state index is 0. The van der Waals surface area contributed by atoms with Gasteiger partial charge in [0.15, 0.2) is 5.96 Å². The first-order valence-corrected chi connectivity index (χ1v) is 5.91. The number of hydrogen-bond donors (Lipinski definition) is 2. The van der Waals surface area contributed by atoms with E-state index in [1.807, 2.05) is 13.8 Å². The first-order valence-electron chi connectivity index (χ1n) is 5.10. The van der Waals surface area contributed by atoms with Crippen molar-refractivity contribution in [2.75, 3.05) is 6.54 Å². The summed E-state index contributed by atoms with van der Waals surface area (Å²) in [5.41, 5.74) is 7.79. The molecule has 1 rings (SSSR count). The molecule has 0 amide bonds. The van der Waals surface area contributed by atoms with Crippen molar-refractivity contribution in [3.05, 3.63) is 27.7 Å². The molecule has 0 radical (unpaired) electrons. The standard InChI is InChI=1S/C11H18N4S.HI/c1-7(2)5-13-11(12)14-6-10-15-8(3)9(4)16-10;/h1,5-6H2,2-4H3,(H3,12,13,14);1H. The number of aliphatic imine (C=N–C) groups is 1. The molecule has 0 aromatic carbocycles. The van der Waals surface area contributed by atoms with Gasteiger partial charge in [-0.15, -0.1) is 35.3 Å². The number of halogens is 1. The Morgan fingerprint density at radius 1 is 1.53 bits per heavy atom. The molecule has 0 saturated heterocycles. The third-order valence-corrected chi connectivity index (χ3v) is 3.09. The van der Waals surface area contributed by atoms with Crippen LogP contribution in [0.15, 0.2) is 17.1 Å². The summed E-state index contributed by atoms with van der Waals surface area (Å²) in [7, 11) is 0. The lowest BCUT2D eigenvalue weighted by atomic mass is 10.3. The van der Waals surface area contributed by atoms with Crippen LogP contribution in [0, 0.1) is 13.8 Å². The molecule has 0 fully saturated rings. The van der Waals surface area contributed by atoms with E-state index in [1.54, 1.807) is 11.3 Å². The second-order valence-electron chi connectivity index (χ2n) is 3.76. The summed E-state index contributed by atoms with van der Waals surface area (Å²) in [6.45, 7) is 11.0. The van der Waals surface area contributed by atoms with Crippen LogP contribution < -0.4 is 11.1 Å². The Bertz CT molecular complexity index is 392. The van der Waals surface area contributed by atoms with Crippen LogP contribution in [-0.4, -0.2) is 17.5 Å². The number of nitrogens with two attached hydrogens (primary N) is 1. The molecule has 96 valence electrons. The van der Waals surface area contributed by atoms with Crippen LogP contribution in [0.3, 0.4) is 0 Å². The Morgan fingerprint density at radius 3 is 2.65 bits per heavy atom. The molecular weight excluding hydrogens is 347 g/mol. The average molecular weight is 366 g/mol. The molecule has 0 aliphatic carbocycles. The minimum Gasteiger partial charge on any atom is -0.370 e. The van der Waals surface area contributed by atoms with Crippen LogP contribution in [-0.2, 0) is 6.54 Å². The smallest absolute Gasteiger partial charge is 0.189 e. The van der Waals surface area contributed by atoms with Crippen molar-refractivity contribution in [3.63, 3.8) is 0 Å². The van der Waals surface area contributed by atoms with Gasteiger partial charge in [0.05, 0.1) is 12.2 Å². The third-order valence-electron chi connectivity index (χ3n) is 2.03. The molecule has 0 aliphatic heterocycles. The van der Waals surface area contributed by atoms with Crippen molar-refractivity contribution >= 4 is 41.3 Å². The Kier molecular flexibility index (Phi) is 7.37. The van der Waals surface area contributed by atoms with Gasteiger partial charge >= 0.3 is 0 Å². The summed E-state index contributed by atoms with van der Waals surface area (Å²) in [6, 6.07) is 0. The third kappa shape index (κ3) is 6.02. The monoisotopic (exact) mass is 366 g/mol. The van der Waals surface area contributed by atoms with Crippen molar-refractivity contribution in [1.29, 1.82) is 0 Å². The Balaban J connectivity index is 0.00000256. The molecule has 6 heteroatoms. The lowest BCUT2D eigenvalue weighted by Gasteiger charge is -2.03. The molecule has 17 heavy (non-hydrogen) atoms. The highest BCUT2D eigenvalue weighted by Gasteiger charge is 2.02. The first kappa shape index (κ1) is 16.4. The molecule has 1 aromatic rings. The van der Waals surface area contributed by atoms with Gasteiger partial charge in [0.2, 0.25) is 0 Å². The highest BCUT2D eigenvalue weighted by atomic mass is 127. The Labute approximate surface area is 123 Å². The van der Waals surface area contributed by atoms with Crippen LogP contribution in [0.1, 0.15) is 22.5 Å². The minimum atomic E-state index is 0. The lowest BCUT2D eigenvalue weighted by molar-refractivity contribution is 0.932. The summed E-state index contributed by atoms with van der Waals surface area (Å²) in [6.07, 6.45) is 0. The number of aromatic nitrogens is 1. The number of nitrogens with one attached hydrogen (secondary N) is 1. The predicted molar refractivity (Wildman–Crippen MR) is 85.1 cm³/mol. The van der Waals surface area contributed by atoms with Crippen molar-refractivity contribution in [3.8, 4) is 0 Å². The van der Waals surface area contributed by atoms with E-state index in [1.165, 1.54) is 4.88 Å². The number of rotatable bonds is 4. The van der Waals surface area contributed by atoms with E-state index in [-0.39, 0.29) is 24.0 Å². The van der Waals surface area contributed by atoms with E-state index in [9.17, 15) is 0 Å². The van der Waals surface area contributed by atoms with Gasteiger partial charge in [0, 0.05) is 11.4 Å². The van der Waals surface area contributed by atoms with Crippen LogP contribution in [0.2, 0.25) is 0 Å². The second kappa shape index (κ2) is 7.65. The van der Waals surface area contributed by atoms with Gasteiger partial charge in [-0.1, -0.05) is 12.2 Å². The largest absolute Gasteiger partial charge is 0.370 e. The van der Waals surface area contributed by atoms with E-state index in [4.69, 9.17) is 5.73 Å². The number of aryl methyl sites for hydroxylation is 2. The van der Waals surface area contributed by atoms with Crippen LogP contribution >= 0.6 is 35.3 Å². The maximum absolute atomic E-state index is 5.69. The molecule has 4 nitrogen and oxygen atoms in total. The molecule has 1 aromatic heterocycles. The van der Waals surface area contributed by atoms with Crippen LogP contribution in [0.25, 0.3) is 0 Å². The van der Waals surface area contributed by atoms with E-state index in [2.05, 4.69) is 28.8 Å². The fraction of sp³-hybridized carbons (Fsp3) is 0.455. The highest BCUT2D eigenvalue weighted by Crippen LogP contribution is 2.16. The number of thiazole rings is 1. The summed E-state index contributed by atoms with van der Waals surface area (Å²) in [5, 5.41) is 3.97. The molecule has 0 unspecified atom stereocenters. The van der Waals surface area contributed by atoms with Crippen LogP contribution in [0.5, 0.6) is 0 Å². The van der Waals surface area contributed by atoms with Crippen molar-refractivity contribution in [2.24, 2.45) is 10.7 Å². The summed E-state index contributed by atoms with van der Waals surface area (Å²) < 4.78 is 0. The average Bonchev–Trinajstić information content (AvgIpc) is 2.52. The summed E-state index contributed by atoms with van der Waals surface area (Å²) in [4.78, 5) is 9.83. The molecule has 0 atom stereocenters. The zero-order chi connectivity index (χ0) is 12.1. The summed E-state index contributed by atoms with van der Waals surface area (Å²) in [5.74, 6) is 0.438. The van der Waals surface area contributed by atoms with Gasteiger partial charge in [-0.3, -0.25) is 0 Å². The maximum atomic E-state index is 5.69. The van der Waals surface area contributed by atoms with E-state index in [0.29, 0.717) is 19.0 Å². The predicted octanol–water partition coefficient (Wildman–Crippen LogP) is 2.36. The van der Waals surface area contributed by atoms with E-state index >= 15 is 0 Å². The fourth-order valence-electron chi connectivity index (χ4n) is 1.06. The zero-order valence-corrected chi connectivity index (χ0v) is 13.6. The maximum Gasteiger partial charge on any atom is 0.189 e. The fourth-order valence-corrected chi connectivity index (χ4v) is 1.92. The van der Waals surface area contributed by atoms with Gasteiger partial charge in [-0.05, 0) is 20.8 Å². The van der Waals surface area contributed by atoms with Gasteiger partial charge < -0.3 is 11.1 Å². The molecule has 0 spiro atoms. The van der Waals surface area contributed by atoms with Crippen LogP contribution in [0.4, 0.5) is 0 Å². The van der Waals surface area contributed by atoms with Crippen molar-refractivity contribution in [1.82, 2.24) is 10.3 Å². The number of guanidine groups is 1. The quantitative estimate of drug-likeness (QED) is 0.372. The Morgan fingerprint density at radius 2 is 2.18 bits per heavy atom. The van der Waals surface area contributed by atoms with Crippen molar-refractivity contribution < 1.29 is 0 Å². The Hall–Kier alpha value is -0.630. The van der Waals surface area contributed by atoms with Crippen molar-refractivity contribution in [2.45, 2.75) is 27.3 Å². The number of nitrogens with zero attached hydrogens (tertiary/aromatic N) is 2. The topological polar surface area (TPSA) is 63.3 Å². The molecule has 0 bridgehead atoms. The lowest BCUT2D eigenvalue weighted by Crippen LogP contribution is -2.32. The number of hydrogen-bond acceptors (Lipinski definition) is 3. The highest BCUT2D eigenvalue weighted by molar-refractivity contribution is 14.0. The summed E-state index contributed by atoms with van der Waals surface area (Å²) >= 11 is 1.66. The van der Waals surface area contributed by atoms with Gasteiger partial charge in [-0.25, -0.2) is 9.98 Å². The second-order valence-corrected chi connectivity index (χ2v) is 5.05. The SMILES string of the molecule is C=C(C)CNC(N)=NCc1nc(C)c(C)s1.I. The zero-order valence-electron chi connectivity index (χ0n) is 10.4. The molecule has 1 heterocycles. The van der Waals surface area contributed by atoms with E-state index < -0.39 is 0 Å². The molecule has 3 N–H and O–H groups in total. The van der Waals surface area contributed by atoms with Gasteiger partial charge in [0.25, 0.3) is 0 Å². The molecule has 0 saturated carbocycles. The molecule has 0 aliphatic rings. The van der Waals surface area contributed by atoms with Gasteiger partial charge in [-0.2, -0.15) is 0 Å². The normalized spacial score (nSPS) is 10.9. The first-order chi connectivity index (χ1) is 7.49.